The van der Waals surface area contributed by atoms with Gasteiger partial charge in [0.1, 0.15) is 0 Å². The van der Waals surface area contributed by atoms with E-state index in [0.717, 1.165) is 33.5 Å². The van der Waals surface area contributed by atoms with Crippen molar-refractivity contribution in [2.24, 2.45) is 12.0 Å². The van der Waals surface area contributed by atoms with Crippen molar-refractivity contribution in [3.05, 3.63) is 63.5 Å². The van der Waals surface area contributed by atoms with E-state index in [4.69, 9.17) is 0 Å². The van der Waals surface area contributed by atoms with Gasteiger partial charge in [0.2, 0.25) is 0 Å². The summed E-state index contributed by atoms with van der Waals surface area (Å²) < 4.78 is 41.2. The van der Waals surface area contributed by atoms with E-state index in [1.54, 1.807) is 11.6 Å². The van der Waals surface area contributed by atoms with Gasteiger partial charge in [0.05, 0.1) is 15.8 Å². The molecule has 0 saturated heterocycles. The summed E-state index contributed by atoms with van der Waals surface area (Å²) in [4.78, 5) is 16.9. The molecule has 0 aliphatic rings. The molecule has 1 amide bonds. The van der Waals surface area contributed by atoms with Crippen molar-refractivity contribution in [1.82, 2.24) is 4.57 Å². The molecule has 0 fully saturated rings. The van der Waals surface area contributed by atoms with Gasteiger partial charge in [-0.1, -0.05) is 29.5 Å². The molecule has 3 rings (SSSR count). The van der Waals surface area contributed by atoms with Gasteiger partial charge in [-0.25, -0.2) is 0 Å². The van der Waals surface area contributed by atoms with Gasteiger partial charge in [0.15, 0.2) is 4.80 Å². The standard InChI is InChI=1S/C18H15F3N2OS/c1-10-7-8-11(2)15-14(10)23(3)17(25-15)22-16(24)12-5-4-6-13(9-12)18(19,20)21/h4-9H,1-3H3. The predicted molar refractivity (Wildman–Crippen MR) is 91.6 cm³/mol. The first-order chi connectivity index (χ1) is 11.7. The number of hydrogen-bond acceptors (Lipinski definition) is 2. The number of amides is 1. The number of alkyl halides is 3. The van der Waals surface area contributed by atoms with Gasteiger partial charge in [-0.15, -0.1) is 0 Å². The largest absolute Gasteiger partial charge is 0.416 e. The molecule has 0 unspecified atom stereocenters. The van der Waals surface area contributed by atoms with Crippen LogP contribution in [0, 0.1) is 13.8 Å². The van der Waals surface area contributed by atoms with Gasteiger partial charge >= 0.3 is 6.18 Å². The van der Waals surface area contributed by atoms with Crippen LogP contribution in [0.5, 0.6) is 0 Å². The summed E-state index contributed by atoms with van der Waals surface area (Å²) in [7, 11) is 1.80. The first-order valence-corrected chi connectivity index (χ1v) is 8.32. The summed E-state index contributed by atoms with van der Waals surface area (Å²) in [5.41, 5.74) is 2.14. The maximum Gasteiger partial charge on any atom is 0.416 e. The molecule has 0 radical (unpaired) electrons. The summed E-state index contributed by atoms with van der Waals surface area (Å²) in [5, 5.41) is 0. The van der Waals surface area contributed by atoms with Crippen molar-refractivity contribution in [3.63, 3.8) is 0 Å². The van der Waals surface area contributed by atoms with E-state index in [2.05, 4.69) is 4.99 Å². The van der Waals surface area contributed by atoms with Gasteiger partial charge in [-0.2, -0.15) is 18.2 Å². The molecule has 0 bridgehead atoms. The molecule has 1 aromatic heterocycles. The number of aromatic nitrogens is 1. The topological polar surface area (TPSA) is 34.4 Å². The SMILES string of the molecule is Cc1ccc(C)c2c1sc(=NC(=O)c1cccc(C(F)(F)F)c1)n2C. The van der Waals surface area contributed by atoms with Gasteiger partial charge < -0.3 is 4.57 Å². The van der Waals surface area contributed by atoms with Crippen LogP contribution in [0.25, 0.3) is 10.2 Å². The summed E-state index contributed by atoms with van der Waals surface area (Å²) in [5.74, 6) is -0.691. The number of aryl methyl sites for hydroxylation is 3. The van der Waals surface area contributed by atoms with Crippen LogP contribution < -0.4 is 4.80 Å². The van der Waals surface area contributed by atoms with E-state index >= 15 is 0 Å². The number of carbonyl (C=O) groups is 1. The van der Waals surface area contributed by atoms with E-state index in [1.165, 1.54) is 23.5 Å². The zero-order valence-corrected chi connectivity index (χ0v) is 14.6. The Kier molecular flexibility index (Phi) is 4.28. The molecule has 0 aliphatic heterocycles. The van der Waals surface area contributed by atoms with Crippen molar-refractivity contribution in [2.45, 2.75) is 20.0 Å². The minimum atomic E-state index is -4.49. The Morgan fingerprint density at radius 3 is 2.44 bits per heavy atom. The highest BCUT2D eigenvalue weighted by molar-refractivity contribution is 7.16. The first-order valence-electron chi connectivity index (χ1n) is 7.50. The lowest BCUT2D eigenvalue weighted by molar-refractivity contribution is -0.137. The molecule has 0 N–H and O–H groups in total. The van der Waals surface area contributed by atoms with E-state index in [-0.39, 0.29) is 5.56 Å². The fraction of sp³-hybridized carbons (Fsp3) is 0.222. The highest BCUT2D eigenvalue weighted by atomic mass is 32.1. The molecule has 0 aliphatic carbocycles. The third kappa shape index (κ3) is 3.24. The summed E-state index contributed by atoms with van der Waals surface area (Å²) in [6.07, 6.45) is -4.49. The van der Waals surface area contributed by atoms with Gasteiger partial charge in [0, 0.05) is 12.6 Å². The Hall–Kier alpha value is -2.41. The number of halogens is 3. The Bertz CT molecular complexity index is 1040. The van der Waals surface area contributed by atoms with Crippen molar-refractivity contribution in [3.8, 4) is 0 Å². The average molecular weight is 364 g/mol. The van der Waals surface area contributed by atoms with Crippen LogP contribution >= 0.6 is 11.3 Å². The van der Waals surface area contributed by atoms with Crippen molar-refractivity contribution in [1.29, 1.82) is 0 Å². The summed E-state index contributed by atoms with van der Waals surface area (Å²) in [6.45, 7) is 3.93. The molecule has 130 valence electrons. The van der Waals surface area contributed by atoms with E-state index < -0.39 is 17.6 Å². The second-order valence-electron chi connectivity index (χ2n) is 5.82. The number of rotatable bonds is 1. The van der Waals surface area contributed by atoms with Gasteiger partial charge in [-0.05, 0) is 43.2 Å². The lowest BCUT2D eigenvalue weighted by Gasteiger charge is -2.06. The number of nitrogens with zero attached hydrogens (tertiary/aromatic N) is 2. The second kappa shape index (κ2) is 6.15. The lowest BCUT2D eigenvalue weighted by Crippen LogP contribution is -2.14. The van der Waals surface area contributed by atoms with Crippen LogP contribution in [0.4, 0.5) is 13.2 Å². The highest BCUT2D eigenvalue weighted by Crippen LogP contribution is 2.29. The number of thiazole rings is 1. The van der Waals surface area contributed by atoms with Crippen molar-refractivity contribution in [2.75, 3.05) is 0 Å². The van der Waals surface area contributed by atoms with Crippen molar-refractivity contribution >= 4 is 27.5 Å². The smallest absolute Gasteiger partial charge is 0.319 e. The van der Waals surface area contributed by atoms with E-state index in [1.807, 2.05) is 26.0 Å². The van der Waals surface area contributed by atoms with Crippen molar-refractivity contribution < 1.29 is 18.0 Å². The Balaban J connectivity index is 2.12. The fourth-order valence-corrected chi connectivity index (χ4v) is 3.81. The molecular weight excluding hydrogens is 349 g/mol. The highest BCUT2D eigenvalue weighted by Gasteiger charge is 2.30. The monoisotopic (exact) mass is 364 g/mol. The summed E-state index contributed by atoms with van der Waals surface area (Å²) >= 11 is 1.35. The molecule has 1 heterocycles. The number of carbonyl (C=O) groups excluding carboxylic acids is 1. The van der Waals surface area contributed by atoms with Gasteiger partial charge in [0.25, 0.3) is 5.91 Å². The first kappa shape index (κ1) is 17.4. The maximum atomic E-state index is 12.8. The van der Waals surface area contributed by atoms with Crippen LogP contribution in [0.2, 0.25) is 0 Å². The summed E-state index contributed by atoms with van der Waals surface area (Å²) in [6, 6.07) is 8.30. The molecule has 3 aromatic rings. The number of hydrogen-bond donors (Lipinski definition) is 0. The molecule has 0 spiro atoms. The zero-order chi connectivity index (χ0) is 18.4. The molecule has 7 heteroatoms. The number of benzene rings is 2. The van der Waals surface area contributed by atoms with E-state index in [9.17, 15) is 18.0 Å². The normalized spacial score (nSPS) is 12.8. The second-order valence-corrected chi connectivity index (χ2v) is 6.79. The number of fused-ring (bicyclic) bond motifs is 1. The van der Waals surface area contributed by atoms with Crippen LogP contribution in [0.15, 0.2) is 41.4 Å². The fourth-order valence-electron chi connectivity index (χ4n) is 2.65. The molecular formula is C18H15F3N2OS. The molecule has 0 saturated carbocycles. The lowest BCUT2D eigenvalue weighted by atomic mass is 10.1. The molecule has 0 atom stereocenters. The minimum Gasteiger partial charge on any atom is -0.319 e. The molecule has 2 aromatic carbocycles. The third-order valence-electron chi connectivity index (χ3n) is 3.98. The predicted octanol–water partition coefficient (Wildman–Crippen LogP) is 4.62. The Morgan fingerprint density at radius 1 is 1.12 bits per heavy atom. The van der Waals surface area contributed by atoms with Crippen LogP contribution in [0.3, 0.4) is 0 Å². The average Bonchev–Trinajstić information content (AvgIpc) is 2.88. The quantitative estimate of drug-likeness (QED) is 0.621. The Morgan fingerprint density at radius 2 is 1.80 bits per heavy atom. The van der Waals surface area contributed by atoms with Crippen LogP contribution in [-0.2, 0) is 13.2 Å². The molecule has 25 heavy (non-hydrogen) atoms. The van der Waals surface area contributed by atoms with E-state index in [0.29, 0.717) is 4.80 Å². The zero-order valence-electron chi connectivity index (χ0n) is 13.8. The molecule has 3 nitrogen and oxygen atoms in total. The minimum absolute atomic E-state index is 0.0827. The van der Waals surface area contributed by atoms with Gasteiger partial charge in [-0.3, -0.25) is 4.79 Å². The third-order valence-corrected chi connectivity index (χ3v) is 5.25. The van der Waals surface area contributed by atoms with Crippen LogP contribution in [-0.4, -0.2) is 10.5 Å². The van der Waals surface area contributed by atoms with Crippen LogP contribution in [0.1, 0.15) is 27.0 Å². The maximum absolute atomic E-state index is 12.8. The Labute approximate surface area is 146 Å².